The lowest BCUT2D eigenvalue weighted by Crippen LogP contribution is -2.09. The van der Waals surface area contributed by atoms with E-state index in [1.165, 1.54) is 30.5 Å². The minimum absolute atomic E-state index is 0.279. The molecule has 0 aliphatic heterocycles. The molecular weight excluding hydrogens is 158 g/mol. The molecular formula is C12H21N. The summed E-state index contributed by atoms with van der Waals surface area (Å²) in [7, 11) is 0. The predicted molar refractivity (Wildman–Crippen MR) is 58.1 cm³/mol. The van der Waals surface area contributed by atoms with E-state index in [9.17, 15) is 0 Å². The summed E-state index contributed by atoms with van der Waals surface area (Å²) in [6, 6.07) is 2.30. The Bertz CT molecular complexity index is 252. The number of aryl methyl sites for hydroxylation is 1. The van der Waals surface area contributed by atoms with Crippen LogP contribution >= 0.6 is 0 Å². The highest BCUT2D eigenvalue weighted by Crippen LogP contribution is 2.23. The molecule has 1 heteroatoms. The van der Waals surface area contributed by atoms with Gasteiger partial charge < -0.3 is 4.98 Å². The van der Waals surface area contributed by atoms with Gasteiger partial charge in [-0.2, -0.15) is 0 Å². The maximum Gasteiger partial charge on any atom is 0.0150 e. The minimum atomic E-state index is 0.279. The van der Waals surface area contributed by atoms with E-state index in [2.05, 4.69) is 44.9 Å². The number of H-pyrrole nitrogens is 1. The van der Waals surface area contributed by atoms with Crippen LogP contribution in [-0.2, 0) is 11.8 Å². The Hall–Kier alpha value is -0.720. The van der Waals surface area contributed by atoms with Crippen molar-refractivity contribution in [2.75, 3.05) is 0 Å². The average molecular weight is 179 g/mol. The van der Waals surface area contributed by atoms with Crippen LogP contribution in [0.15, 0.2) is 12.3 Å². The summed E-state index contributed by atoms with van der Waals surface area (Å²) < 4.78 is 0. The van der Waals surface area contributed by atoms with Crippen molar-refractivity contribution in [3.8, 4) is 0 Å². The van der Waals surface area contributed by atoms with Crippen molar-refractivity contribution in [2.45, 2.75) is 52.4 Å². The summed E-state index contributed by atoms with van der Waals surface area (Å²) in [6.07, 6.45) is 5.88. The fraction of sp³-hybridized carbons (Fsp3) is 0.667. The Labute approximate surface area is 81.6 Å². The molecule has 0 unspecified atom stereocenters. The molecule has 1 aromatic rings. The van der Waals surface area contributed by atoms with E-state index in [1.54, 1.807) is 0 Å². The summed E-state index contributed by atoms with van der Waals surface area (Å²) in [6.45, 7) is 8.98. The van der Waals surface area contributed by atoms with Gasteiger partial charge in [0, 0.05) is 11.9 Å². The molecule has 1 rings (SSSR count). The van der Waals surface area contributed by atoms with Crippen LogP contribution in [0.1, 0.15) is 51.8 Å². The first kappa shape index (κ1) is 10.4. The molecule has 0 saturated carbocycles. The van der Waals surface area contributed by atoms with Gasteiger partial charge in [-0.1, -0.05) is 34.1 Å². The summed E-state index contributed by atoms with van der Waals surface area (Å²) in [4.78, 5) is 3.35. The van der Waals surface area contributed by atoms with Gasteiger partial charge in [-0.15, -0.1) is 0 Å². The van der Waals surface area contributed by atoms with Gasteiger partial charge >= 0.3 is 0 Å². The first-order valence-electron chi connectivity index (χ1n) is 5.22. The Morgan fingerprint density at radius 1 is 1.31 bits per heavy atom. The van der Waals surface area contributed by atoms with Gasteiger partial charge in [0.25, 0.3) is 0 Å². The number of hydrogen-bond donors (Lipinski definition) is 1. The molecule has 13 heavy (non-hydrogen) atoms. The number of aromatic nitrogens is 1. The normalized spacial score (nSPS) is 12.0. The van der Waals surface area contributed by atoms with E-state index in [4.69, 9.17) is 0 Å². The highest BCUT2D eigenvalue weighted by molar-refractivity contribution is 5.23. The van der Waals surface area contributed by atoms with Gasteiger partial charge in [-0.25, -0.2) is 0 Å². The van der Waals surface area contributed by atoms with Crippen LogP contribution in [0.2, 0.25) is 0 Å². The third-order valence-electron chi connectivity index (χ3n) is 2.41. The summed E-state index contributed by atoms with van der Waals surface area (Å²) in [5.74, 6) is 0. The van der Waals surface area contributed by atoms with Crippen LogP contribution in [0, 0.1) is 0 Å². The quantitative estimate of drug-likeness (QED) is 0.729. The zero-order valence-electron chi connectivity index (χ0n) is 9.28. The Balaban J connectivity index is 2.64. The zero-order valence-corrected chi connectivity index (χ0v) is 9.28. The lowest BCUT2D eigenvalue weighted by Gasteiger charge is -2.15. The monoisotopic (exact) mass is 179 g/mol. The van der Waals surface area contributed by atoms with E-state index in [0.717, 1.165) is 0 Å². The van der Waals surface area contributed by atoms with Gasteiger partial charge in [-0.05, 0) is 29.9 Å². The molecule has 0 aliphatic carbocycles. The fourth-order valence-electron chi connectivity index (χ4n) is 1.39. The first-order valence-corrected chi connectivity index (χ1v) is 5.22. The van der Waals surface area contributed by atoms with E-state index in [-0.39, 0.29) is 5.41 Å². The largest absolute Gasteiger partial charge is 0.365 e. The molecule has 1 aromatic heterocycles. The molecule has 1 heterocycles. The second-order valence-electron chi connectivity index (χ2n) is 4.77. The maximum absolute atomic E-state index is 3.35. The van der Waals surface area contributed by atoms with Crippen LogP contribution in [-0.4, -0.2) is 4.98 Å². The highest BCUT2D eigenvalue weighted by atomic mass is 14.7. The van der Waals surface area contributed by atoms with E-state index in [0.29, 0.717) is 0 Å². The van der Waals surface area contributed by atoms with Crippen molar-refractivity contribution in [2.24, 2.45) is 0 Å². The Kier molecular flexibility index (Phi) is 3.18. The smallest absolute Gasteiger partial charge is 0.0150 e. The first-order chi connectivity index (χ1) is 6.04. The average Bonchev–Trinajstić information content (AvgIpc) is 2.47. The van der Waals surface area contributed by atoms with Gasteiger partial charge in [0.15, 0.2) is 0 Å². The van der Waals surface area contributed by atoms with Crippen molar-refractivity contribution in [3.05, 3.63) is 23.5 Å². The Morgan fingerprint density at radius 2 is 2.00 bits per heavy atom. The lowest BCUT2D eigenvalue weighted by atomic mass is 9.89. The molecule has 0 bridgehead atoms. The van der Waals surface area contributed by atoms with Gasteiger partial charge in [0.1, 0.15) is 0 Å². The van der Waals surface area contributed by atoms with Gasteiger partial charge in [-0.3, -0.25) is 0 Å². The number of rotatable bonds is 3. The third kappa shape index (κ3) is 2.91. The number of hydrogen-bond acceptors (Lipinski definition) is 0. The molecule has 0 atom stereocenters. The van der Waals surface area contributed by atoms with Crippen LogP contribution in [0.5, 0.6) is 0 Å². The molecule has 0 aromatic carbocycles. The van der Waals surface area contributed by atoms with E-state index in [1.807, 2.05) is 0 Å². The van der Waals surface area contributed by atoms with Crippen molar-refractivity contribution in [1.29, 1.82) is 0 Å². The Morgan fingerprint density at radius 3 is 2.46 bits per heavy atom. The van der Waals surface area contributed by atoms with Gasteiger partial charge in [0.05, 0.1) is 0 Å². The number of aromatic amines is 1. The van der Waals surface area contributed by atoms with Crippen LogP contribution in [0.4, 0.5) is 0 Å². The van der Waals surface area contributed by atoms with Gasteiger partial charge in [0.2, 0.25) is 0 Å². The summed E-state index contributed by atoms with van der Waals surface area (Å²) in [5, 5.41) is 0. The van der Waals surface area contributed by atoms with Crippen molar-refractivity contribution >= 4 is 0 Å². The number of unbranched alkanes of at least 4 members (excludes halogenated alkanes) is 1. The van der Waals surface area contributed by atoms with Crippen LogP contribution < -0.4 is 0 Å². The van der Waals surface area contributed by atoms with Crippen LogP contribution in [0.3, 0.4) is 0 Å². The highest BCUT2D eigenvalue weighted by Gasteiger charge is 2.14. The van der Waals surface area contributed by atoms with Crippen LogP contribution in [0.25, 0.3) is 0 Å². The number of nitrogens with one attached hydrogen (secondary N) is 1. The SMILES string of the molecule is CCCCc1cc(C(C)(C)C)c[nH]1. The van der Waals surface area contributed by atoms with Crippen molar-refractivity contribution in [3.63, 3.8) is 0 Å². The topological polar surface area (TPSA) is 15.8 Å². The second-order valence-corrected chi connectivity index (χ2v) is 4.77. The maximum atomic E-state index is 3.35. The standard InChI is InChI=1S/C12H21N/c1-5-6-7-11-8-10(9-13-11)12(2,3)4/h8-9,13H,5-7H2,1-4H3. The molecule has 0 spiro atoms. The lowest BCUT2D eigenvalue weighted by molar-refractivity contribution is 0.591. The third-order valence-corrected chi connectivity index (χ3v) is 2.41. The molecule has 1 nitrogen and oxygen atoms in total. The molecule has 0 radical (unpaired) electrons. The molecule has 0 aliphatic rings. The molecule has 0 amide bonds. The van der Waals surface area contributed by atoms with E-state index >= 15 is 0 Å². The van der Waals surface area contributed by atoms with Crippen molar-refractivity contribution < 1.29 is 0 Å². The van der Waals surface area contributed by atoms with Crippen molar-refractivity contribution in [1.82, 2.24) is 4.98 Å². The molecule has 0 saturated heterocycles. The zero-order chi connectivity index (χ0) is 9.90. The fourth-order valence-corrected chi connectivity index (χ4v) is 1.39. The molecule has 74 valence electrons. The summed E-state index contributed by atoms with van der Waals surface area (Å²) >= 11 is 0. The molecule has 1 N–H and O–H groups in total. The second kappa shape index (κ2) is 3.99. The summed E-state index contributed by atoms with van der Waals surface area (Å²) in [5.41, 5.74) is 3.08. The van der Waals surface area contributed by atoms with E-state index < -0.39 is 0 Å². The predicted octanol–water partition coefficient (Wildman–Crippen LogP) is 3.65. The molecule has 0 fully saturated rings. The minimum Gasteiger partial charge on any atom is -0.365 e.